The van der Waals surface area contributed by atoms with Gasteiger partial charge in [0.05, 0.1) is 7.11 Å². The van der Waals surface area contributed by atoms with Crippen LogP contribution in [0.2, 0.25) is 0 Å². The summed E-state index contributed by atoms with van der Waals surface area (Å²) in [6, 6.07) is 7.80. The first-order chi connectivity index (χ1) is 11.0. The van der Waals surface area contributed by atoms with E-state index >= 15 is 0 Å². The van der Waals surface area contributed by atoms with E-state index in [1.807, 2.05) is 29.2 Å². The van der Waals surface area contributed by atoms with Gasteiger partial charge in [0, 0.05) is 46.7 Å². The Morgan fingerprint density at radius 3 is 2.13 bits per heavy atom. The van der Waals surface area contributed by atoms with Crippen molar-refractivity contribution in [3.8, 4) is 5.75 Å². The van der Waals surface area contributed by atoms with E-state index in [2.05, 4.69) is 0 Å². The molecule has 0 bridgehead atoms. The zero-order valence-corrected chi connectivity index (χ0v) is 14.1. The van der Waals surface area contributed by atoms with E-state index < -0.39 is 0 Å². The number of urea groups is 1. The summed E-state index contributed by atoms with van der Waals surface area (Å²) in [7, 11) is 5.13. The zero-order valence-electron chi connectivity index (χ0n) is 14.1. The summed E-state index contributed by atoms with van der Waals surface area (Å²) in [6.07, 6.45) is 1.22. The van der Waals surface area contributed by atoms with Crippen LogP contribution in [0.25, 0.3) is 0 Å². The number of methoxy groups -OCH3 is 1. The van der Waals surface area contributed by atoms with Crippen molar-refractivity contribution in [2.24, 2.45) is 0 Å². The van der Waals surface area contributed by atoms with Crippen molar-refractivity contribution in [2.45, 2.75) is 12.8 Å². The minimum absolute atomic E-state index is 0.00957. The Kier molecular flexibility index (Phi) is 5.84. The van der Waals surface area contributed by atoms with Crippen LogP contribution < -0.4 is 4.74 Å². The van der Waals surface area contributed by atoms with Crippen LogP contribution in [0.5, 0.6) is 5.75 Å². The fourth-order valence-electron chi connectivity index (χ4n) is 2.63. The Morgan fingerprint density at radius 1 is 1.04 bits per heavy atom. The maximum Gasteiger partial charge on any atom is 0.319 e. The molecule has 0 aromatic heterocycles. The van der Waals surface area contributed by atoms with Gasteiger partial charge in [-0.05, 0) is 24.1 Å². The molecule has 1 aliphatic heterocycles. The van der Waals surface area contributed by atoms with E-state index in [-0.39, 0.29) is 11.9 Å². The van der Waals surface area contributed by atoms with Crippen LogP contribution in [0, 0.1) is 0 Å². The number of carbonyl (C=O) groups excluding carboxylic acids is 2. The van der Waals surface area contributed by atoms with Gasteiger partial charge in [-0.25, -0.2) is 4.79 Å². The molecule has 0 saturated carbocycles. The van der Waals surface area contributed by atoms with Crippen molar-refractivity contribution in [3.05, 3.63) is 29.8 Å². The third kappa shape index (κ3) is 4.61. The highest BCUT2D eigenvalue weighted by Crippen LogP contribution is 2.13. The van der Waals surface area contributed by atoms with Gasteiger partial charge < -0.3 is 19.4 Å². The topological polar surface area (TPSA) is 53.1 Å². The molecule has 2 rings (SSSR count). The minimum atomic E-state index is 0.00957. The molecule has 1 heterocycles. The number of hydrogen-bond acceptors (Lipinski definition) is 3. The molecule has 0 N–H and O–H groups in total. The van der Waals surface area contributed by atoms with Crippen molar-refractivity contribution >= 4 is 11.9 Å². The number of rotatable bonds is 4. The van der Waals surface area contributed by atoms with Crippen molar-refractivity contribution < 1.29 is 14.3 Å². The largest absolute Gasteiger partial charge is 0.497 e. The number of aryl methyl sites for hydroxylation is 1. The predicted octanol–water partition coefficient (Wildman–Crippen LogP) is 1.45. The molecule has 23 heavy (non-hydrogen) atoms. The van der Waals surface area contributed by atoms with Crippen LogP contribution in [-0.4, -0.2) is 74.0 Å². The average molecular weight is 319 g/mol. The number of benzene rings is 1. The summed E-state index contributed by atoms with van der Waals surface area (Å²) in [4.78, 5) is 29.4. The van der Waals surface area contributed by atoms with Gasteiger partial charge in [-0.2, -0.15) is 0 Å². The molecule has 1 aromatic carbocycles. The molecule has 1 aliphatic rings. The normalized spacial score (nSPS) is 14.6. The Hall–Kier alpha value is -2.24. The van der Waals surface area contributed by atoms with Crippen LogP contribution in [-0.2, 0) is 11.2 Å². The second-order valence-electron chi connectivity index (χ2n) is 5.89. The first-order valence-corrected chi connectivity index (χ1v) is 7.88. The summed E-state index contributed by atoms with van der Waals surface area (Å²) in [5.41, 5.74) is 1.13. The number of ether oxygens (including phenoxy) is 1. The third-order valence-corrected chi connectivity index (χ3v) is 4.07. The minimum Gasteiger partial charge on any atom is -0.497 e. The van der Waals surface area contributed by atoms with Gasteiger partial charge in [-0.3, -0.25) is 4.79 Å². The van der Waals surface area contributed by atoms with Crippen molar-refractivity contribution in [3.63, 3.8) is 0 Å². The van der Waals surface area contributed by atoms with Gasteiger partial charge in [0.25, 0.3) is 0 Å². The van der Waals surface area contributed by atoms with E-state index in [1.54, 1.807) is 31.0 Å². The van der Waals surface area contributed by atoms with Crippen LogP contribution in [0.15, 0.2) is 24.3 Å². The number of hydrogen-bond donors (Lipinski definition) is 0. The van der Waals surface area contributed by atoms with Crippen molar-refractivity contribution in [1.29, 1.82) is 0 Å². The Labute approximate surface area is 137 Å². The number of carbonyl (C=O) groups is 2. The van der Waals surface area contributed by atoms with Crippen molar-refractivity contribution in [1.82, 2.24) is 14.7 Å². The lowest BCUT2D eigenvalue weighted by atomic mass is 10.1. The van der Waals surface area contributed by atoms with Crippen molar-refractivity contribution in [2.75, 3.05) is 47.4 Å². The molecular weight excluding hydrogens is 294 g/mol. The highest BCUT2D eigenvalue weighted by molar-refractivity contribution is 5.77. The quantitative estimate of drug-likeness (QED) is 0.844. The summed E-state index contributed by atoms with van der Waals surface area (Å²) in [5, 5.41) is 0. The lowest BCUT2D eigenvalue weighted by molar-refractivity contribution is -0.132. The smallest absolute Gasteiger partial charge is 0.319 e. The number of piperazine rings is 1. The van der Waals surface area contributed by atoms with Gasteiger partial charge in [0.2, 0.25) is 5.91 Å². The summed E-state index contributed by atoms with van der Waals surface area (Å²) in [6.45, 7) is 2.43. The number of amides is 3. The average Bonchev–Trinajstić information content (AvgIpc) is 2.59. The molecule has 1 fully saturated rings. The first-order valence-electron chi connectivity index (χ1n) is 7.88. The van der Waals surface area contributed by atoms with Gasteiger partial charge in [-0.1, -0.05) is 12.1 Å². The second kappa shape index (κ2) is 7.85. The van der Waals surface area contributed by atoms with Gasteiger partial charge in [0.15, 0.2) is 0 Å². The standard InChI is InChI=1S/C17H25N3O3/c1-18(2)17(22)20-12-10-19(11-13-20)16(21)9-6-14-4-7-15(23-3)8-5-14/h4-5,7-8H,6,9-13H2,1-3H3. The van der Waals surface area contributed by atoms with Gasteiger partial charge >= 0.3 is 6.03 Å². The maximum atomic E-state index is 12.3. The lowest BCUT2D eigenvalue weighted by Crippen LogP contribution is -2.52. The van der Waals surface area contributed by atoms with Gasteiger partial charge in [0.1, 0.15) is 5.75 Å². The van der Waals surface area contributed by atoms with E-state index in [4.69, 9.17) is 4.74 Å². The molecule has 126 valence electrons. The molecule has 3 amide bonds. The number of nitrogens with zero attached hydrogens (tertiary/aromatic N) is 3. The van der Waals surface area contributed by atoms with Gasteiger partial charge in [-0.15, -0.1) is 0 Å². The second-order valence-corrected chi connectivity index (χ2v) is 5.89. The summed E-state index contributed by atoms with van der Waals surface area (Å²) >= 11 is 0. The molecule has 1 saturated heterocycles. The zero-order chi connectivity index (χ0) is 16.8. The SMILES string of the molecule is COc1ccc(CCC(=O)N2CCN(C(=O)N(C)C)CC2)cc1. The van der Waals surface area contributed by atoms with Crippen LogP contribution in [0.4, 0.5) is 4.79 Å². The van der Waals surface area contributed by atoms with E-state index in [0.717, 1.165) is 17.7 Å². The fraction of sp³-hybridized carbons (Fsp3) is 0.529. The molecule has 0 atom stereocenters. The highest BCUT2D eigenvalue weighted by atomic mass is 16.5. The molecule has 6 nitrogen and oxygen atoms in total. The van der Waals surface area contributed by atoms with E-state index in [9.17, 15) is 9.59 Å². The Balaban J connectivity index is 1.77. The van der Waals surface area contributed by atoms with E-state index in [0.29, 0.717) is 32.6 Å². The van der Waals surface area contributed by atoms with Crippen LogP contribution >= 0.6 is 0 Å². The highest BCUT2D eigenvalue weighted by Gasteiger charge is 2.24. The third-order valence-electron chi connectivity index (χ3n) is 4.07. The van der Waals surface area contributed by atoms with Crippen LogP contribution in [0.3, 0.4) is 0 Å². The molecule has 0 aliphatic carbocycles. The molecular formula is C17H25N3O3. The summed E-state index contributed by atoms with van der Waals surface area (Å²) < 4.78 is 5.13. The summed E-state index contributed by atoms with van der Waals surface area (Å²) in [5.74, 6) is 0.972. The Bertz CT molecular complexity index is 535. The first kappa shape index (κ1) is 17.1. The molecule has 0 unspecified atom stereocenters. The lowest BCUT2D eigenvalue weighted by Gasteiger charge is -2.36. The molecule has 0 spiro atoms. The molecule has 0 radical (unpaired) electrons. The molecule has 6 heteroatoms. The Morgan fingerprint density at radius 2 is 1.61 bits per heavy atom. The maximum absolute atomic E-state index is 12.3. The predicted molar refractivity (Wildman–Crippen MR) is 88.6 cm³/mol. The molecule has 1 aromatic rings. The monoisotopic (exact) mass is 319 g/mol. The van der Waals surface area contributed by atoms with E-state index in [1.165, 1.54) is 0 Å². The fourth-order valence-corrected chi connectivity index (χ4v) is 2.63. The van der Waals surface area contributed by atoms with Crippen LogP contribution in [0.1, 0.15) is 12.0 Å².